The molecular weight excluding hydrogens is 268 g/mol. The van der Waals surface area contributed by atoms with Crippen LogP contribution in [0.2, 0.25) is 0 Å². The molecule has 1 atom stereocenters. The number of aromatic nitrogens is 6. The molecule has 3 aromatic rings. The number of hydroxylamine groups is 1. The maximum Gasteiger partial charge on any atom is 0.248 e. The molecule has 1 aliphatic heterocycles. The van der Waals surface area contributed by atoms with Gasteiger partial charge in [0.15, 0.2) is 17.6 Å². The van der Waals surface area contributed by atoms with Gasteiger partial charge >= 0.3 is 0 Å². The summed E-state index contributed by atoms with van der Waals surface area (Å²) in [6.07, 6.45) is 3.99. The summed E-state index contributed by atoms with van der Waals surface area (Å²) in [5.74, 6) is 1.12. The van der Waals surface area contributed by atoms with Gasteiger partial charge in [-0.2, -0.15) is 10.1 Å². The highest BCUT2D eigenvalue weighted by Gasteiger charge is 2.41. The van der Waals surface area contributed by atoms with E-state index < -0.39 is 6.04 Å². The average Bonchev–Trinajstić information content (AvgIpc) is 3.23. The van der Waals surface area contributed by atoms with Gasteiger partial charge in [-0.1, -0.05) is 10.3 Å². The molecule has 20 heavy (non-hydrogen) atoms. The Morgan fingerprint density at radius 1 is 1.30 bits per heavy atom. The number of nitrogens with zero attached hydrogens (tertiary/aromatic N) is 7. The van der Waals surface area contributed by atoms with Crippen molar-refractivity contribution in [3.05, 3.63) is 36.8 Å². The summed E-state index contributed by atoms with van der Waals surface area (Å²) >= 11 is 0. The summed E-state index contributed by atoms with van der Waals surface area (Å²) in [5, 5.41) is 23.2. The Hall–Kier alpha value is -3.24. The molecule has 0 amide bonds. The van der Waals surface area contributed by atoms with Crippen molar-refractivity contribution >= 4 is 11.5 Å². The third-order valence-electron chi connectivity index (χ3n) is 2.65. The summed E-state index contributed by atoms with van der Waals surface area (Å²) in [7, 11) is 0. The smallest absolute Gasteiger partial charge is 0.248 e. The van der Waals surface area contributed by atoms with E-state index in [-0.39, 0.29) is 11.7 Å². The normalized spacial score (nSPS) is 18.1. The minimum atomic E-state index is -0.601. The second kappa shape index (κ2) is 4.15. The van der Waals surface area contributed by atoms with Crippen LogP contribution in [0.25, 0.3) is 0 Å². The van der Waals surface area contributed by atoms with Crippen LogP contribution < -0.4 is 5.06 Å². The first-order chi connectivity index (χ1) is 9.93. The van der Waals surface area contributed by atoms with E-state index in [0.717, 1.165) is 0 Å². The minimum absolute atomic E-state index is 0.273. The number of anilines is 1. The van der Waals surface area contributed by atoms with Crippen LogP contribution in [-0.4, -0.2) is 36.2 Å². The summed E-state index contributed by atoms with van der Waals surface area (Å²) < 4.78 is 9.94. The predicted molar refractivity (Wildman–Crippen MR) is 60.0 cm³/mol. The van der Waals surface area contributed by atoms with Crippen molar-refractivity contribution < 1.29 is 13.9 Å². The lowest BCUT2D eigenvalue weighted by atomic mass is 10.1. The molecule has 0 saturated carbocycles. The Balaban J connectivity index is 1.78. The number of hydrogen-bond donors (Lipinski definition) is 1. The van der Waals surface area contributed by atoms with Gasteiger partial charge in [0.25, 0.3) is 0 Å². The van der Waals surface area contributed by atoms with Gasteiger partial charge in [-0.3, -0.25) is 10.0 Å². The zero-order chi connectivity index (χ0) is 13.4. The highest BCUT2D eigenvalue weighted by atomic mass is 16.8. The summed E-state index contributed by atoms with van der Waals surface area (Å²) in [6, 6.07) is 1.11. The van der Waals surface area contributed by atoms with Gasteiger partial charge < -0.3 is 8.94 Å². The van der Waals surface area contributed by atoms with Gasteiger partial charge in [0.1, 0.15) is 0 Å². The lowest BCUT2D eigenvalue weighted by molar-refractivity contribution is 0.124. The lowest BCUT2D eigenvalue weighted by Crippen LogP contribution is -2.28. The van der Waals surface area contributed by atoms with E-state index in [4.69, 9.17) is 13.9 Å². The van der Waals surface area contributed by atoms with Crippen molar-refractivity contribution in [3.63, 3.8) is 0 Å². The largest absolute Gasteiger partial charge is 0.425 e. The highest BCUT2D eigenvalue weighted by molar-refractivity contribution is 6.03. The zero-order valence-electron chi connectivity index (χ0n) is 9.74. The van der Waals surface area contributed by atoms with Gasteiger partial charge in [-0.25, -0.2) is 0 Å². The summed E-state index contributed by atoms with van der Waals surface area (Å²) in [4.78, 5) is 9.21. The fraction of sp³-hybridized carbons (Fsp3) is 0.111. The molecule has 100 valence electrons. The fourth-order valence-corrected chi connectivity index (χ4v) is 1.82. The van der Waals surface area contributed by atoms with Crippen LogP contribution in [0.4, 0.5) is 5.82 Å². The summed E-state index contributed by atoms with van der Waals surface area (Å²) in [5.41, 5.74) is 0.387. The maximum atomic E-state index is 5.27. The molecule has 0 bridgehead atoms. The topological polar surface area (TPSA) is 131 Å². The van der Waals surface area contributed by atoms with Crippen LogP contribution in [0.1, 0.15) is 17.8 Å². The SMILES string of the molecule is c1cc(N2ON=C(c3ncon3)C2c2nnco2)[nH]n1. The van der Waals surface area contributed by atoms with Crippen molar-refractivity contribution in [3.8, 4) is 0 Å². The molecule has 0 saturated heterocycles. The number of nitrogens with one attached hydrogen (secondary N) is 1. The second-order valence-corrected chi connectivity index (χ2v) is 3.76. The third-order valence-corrected chi connectivity index (χ3v) is 2.65. The fourth-order valence-electron chi connectivity index (χ4n) is 1.82. The number of rotatable bonds is 3. The number of oxime groups is 1. The molecule has 0 radical (unpaired) electrons. The first kappa shape index (κ1) is 10.7. The first-order valence-electron chi connectivity index (χ1n) is 5.50. The van der Waals surface area contributed by atoms with Crippen LogP contribution in [0.15, 0.2) is 39.1 Å². The Morgan fingerprint density at radius 3 is 3.00 bits per heavy atom. The Morgan fingerprint density at radius 2 is 2.30 bits per heavy atom. The van der Waals surface area contributed by atoms with Crippen molar-refractivity contribution in [1.82, 2.24) is 30.5 Å². The van der Waals surface area contributed by atoms with Gasteiger partial charge in [-0.15, -0.1) is 15.3 Å². The van der Waals surface area contributed by atoms with E-state index >= 15 is 0 Å². The highest BCUT2D eigenvalue weighted by Crippen LogP contribution is 2.32. The zero-order valence-corrected chi connectivity index (χ0v) is 9.74. The van der Waals surface area contributed by atoms with E-state index in [1.165, 1.54) is 17.9 Å². The van der Waals surface area contributed by atoms with Crippen LogP contribution in [0.5, 0.6) is 0 Å². The number of H-pyrrole nitrogens is 1. The van der Waals surface area contributed by atoms with E-state index in [1.807, 2.05) is 0 Å². The van der Waals surface area contributed by atoms with Gasteiger partial charge in [0.05, 0.1) is 6.20 Å². The van der Waals surface area contributed by atoms with Gasteiger partial charge in [0.2, 0.25) is 24.5 Å². The third kappa shape index (κ3) is 1.53. The van der Waals surface area contributed by atoms with Crippen molar-refractivity contribution in [2.75, 3.05) is 5.06 Å². The predicted octanol–water partition coefficient (Wildman–Crippen LogP) is 0.0729. The van der Waals surface area contributed by atoms with Crippen LogP contribution in [0, 0.1) is 0 Å². The molecular formula is C9H6N8O3. The van der Waals surface area contributed by atoms with Crippen molar-refractivity contribution in [2.45, 2.75) is 6.04 Å². The molecule has 0 fully saturated rings. The van der Waals surface area contributed by atoms with Crippen molar-refractivity contribution in [1.29, 1.82) is 0 Å². The second-order valence-electron chi connectivity index (χ2n) is 3.76. The Bertz CT molecular complexity index is 705. The molecule has 4 rings (SSSR count). The average molecular weight is 274 g/mol. The molecule has 0 spiro atoms. The van der Waals surface area contributed by atoms with Gasteiger partial charge in [0, 0.05) is 6.07 Å². The molecule has 3 aromatic heterocycles. The molecule has 1 unspecified atom stereocenters. The summed E-state index contributed by atoms with van der Waals surface area (Å²) in [6.45, 7) is 0. The molecule has 0 aromatic carbocycles. The Kier molecular flexibility index (Phi) is 2.21. The molecule has 1 N–H and O–H groups in total. The minimum Gasteiger partial charge on any atom is -0.425 e. The standard InChI is InChI=1S/C9H6N8O3/c1-2-11-13-5(1)17-7(9-14-12-4-18-9)6(15-20-17)8-10-3-19-16-8/h1-4,7H,(H,11,13). The monoisotopic (exact) mass is 274 g/mol. The van der Waals surface area contributed by atoms with Crippen LogP contribution >= 0.6 is 0 Å². The first-order valence-corrected chi connectivity index (χ1v) is 5.50. The van der Waals surface area contributed by atoms with E-state index in [1.54, 1.807) is 12.3 Å². The van der Waals surface area contributed by atoms with Crippen molar-refractivity contribution in [2.24, 2.45) is 5.16 Å². The van der Waals surface area contributed by atoms with Gasteiger partial charge in [-0.05, 0) is 0 Å². The quantitative estimate of drug-likeness (QED) is 0.704. The lowest BCUT2D eigenvalue weighted by Gasteiger charge is -2.17. The molecule has 1 aliphatic rings. The van der Waals surface area contributed by atoms with E-state index in [0.29, 0.717) is 11.5 Å². The molecule has 11 nitrogen and oxygen atoms in total. The maximum absolute atomic E-state index is 5.27. The molecule has 4 heterocycles. The Labute approximate surface area is 110 Å². The van der Waals surface area contributed by atoms with E-state index in [2.05, 4.69) is 35.7 Å². The molecule has 0 aliphatic carbocycles. The molecule has 11 heteroatoms. The van der Waals surface area contributed by atoms with E-state index in [9.17, 15) is 0 Å². The van der Waals surface area contributed by atoms with Crippen LogP contribution in [0.3, 0.4) is 0 Å². The number of aromatic amines is 1. The van der Waals surface area contributed by atoms with Crippen LogP contribution in [-0.2, 0) is 4.94 Å². The number of hydrogen-bond acceptors (Lipinski definition) is 10.